The number of nitrogens with zero attached hydrogens (tertiary/aromatic N) is 2. The van der Waals surface area contributed by atoms with Crippen molar-refractivity contribution in [3.05, 3.63) is 30.3 Å². The first-order valence-electron chi connectivity index (χ1n) is 9.41. The molecule has 1 atom stereocenters. The summed E-state index contributed by atoms with van der Waals surface area (Å²) in [6.45, 7) is 2.71. The van der Waals surface area contributed by atoms with Gasteiger partial charge in [0, 0.05) is 37.5 Å². The number of quaternary nitrogens is 1. The van der Waals surface area contributed by atoms with Gasteiger partial charge in [-0.2, -0.15) is 0 Å². The summed E-state index contributed by atoms with van der Waals surface area (Å²) < 4.78 is 4.91. The van der Waals surface area contributed by atoms with Gasteiger partial charge in [-0.25, -0.2) is 9.59 Å². The SMILES string of the molecule is COC(=O)[C@@H]1CN(C(=O)Nc2ccccc2)CCN1C(=O)C1CC[NH2+]CC1. The number of amides is 3. The van der Waals surface area contributed by atoms with Crippen molar-refractivity contribution < 1.29 is 24.4 Å². The Labute approximate surface area is 158 Å². The maximum absolute atomic E-state index is 12.9. The fourth-order valence-electron chi connectivity index (χ4n) is 3.70. The van der Waals surface area contributed by atoms with E-state index in [-0.39, 0.29) is 24.4 Å². The van der Waals surface area contributed by atoms with E-state index in [1.165, 1.54) is 7.11 Å². The van der Waals surface area contributed by atoms with E-state index in [0.717, 1.165) is 25.9 Å². The maximum Gasteiger partial charge on any atom is 0.330 e. The van der Waals surface area contributed by atoms with Crippen LogP contribution in [-0.4, -0.2) is 73.6 Å². The number of hydrogen-bond acceptors (Lipinski definition) is 4. The lowest BCUT2D eigenvalue weighted by atomic mass is 9.95. The lowest BCUT2D eigenvalue weighted by Gasteiger charge is -2.41. The van der Waals surface area contributed by atoms with Gasteiger partial charge in [0.15, 0.2) is 0 Å². The lowest BCUT2D eigenvalue weighted by molar-refractivity contribution is -0.664. The number of carbonyl (C=O) groups is 3. The van der Waals surface area contributed by atoms with Crippen LogP contribution in [0.2, 0.25) is 0 Å². The minimum absolute atomic E-state index is 0.00150. The number of piperazine rings is 1. The summed E-state index contributed by atoms with van der Waals surface area (Å²) in [6.07, 6.45) is 1.64. The predicted molar refractivity (Wildman–Crippen MR) is 98.9 cm³/mol. The second kappa shape index (κ2) is 8.85. The highest BCUT2D eigenvalue weighted by molar-refractivity contribution is 5.91. The van der Waals surface area contributed by atoms with Gasteiger partial charge in [-0.05, 0) is 12.1 Å². The van der Waals surface area contributed by atoms with Gasteiger partial charge in [-0.3, -0.25) is 4.79 Å². The molecule has 3 rings (SSSR count). The minimum atomic E-state index is -0.760. The second-order valence-electron chi connectivity index (χ2n) is 6.95. The third-order valence-electron chi connectivity index (χ3n) is 5.24. The van der Waals surface area contributed by atoms with E-state index in [0.29, 0.717) is 18.8 Å². The van der Waals surface area contributed by atoms with E-state index < -0.39 is 12.0 Å². The maximum atomic E-state index is 12.9. The number of urea groups is 1. The van der Waals surface area contributed by atoms with Crippen molar-refractivity contribution in [1.29, 1.82) is 0 Å². The van der Waals surface area contributed by atoms with E-state index in [2.05, 4.69) is 10.6 Å². The van der Waals surface area contributed by atoms with Crippen LogP contribution in [-0.2, 0) is 14.3 Å². The highest BCUT2D eigenvalue weighted by Gasteiger charge is 2.40. The van der Waals surface area contributed by atoms with Crippen molar-refractivity contribution in [2.45, 2.75) is 18.9 Å². The predicted octanol–water partition coefficient (Wildman–Crippen LogP) is -0.122. The Morgan fingerprint density at radius 2 is 1.81 bits per heavy atom. The number of nitrogens with two attached hydrogens (primary N) is 1. The Hall–Kier alpha value is -2.61. The van der Waals surface area contributed by atoms with Crippen LogP contribution in [0.5, 0.6) is 0 Å². The molecule has 8 nitrogen and oxygen atoms in total. The average Bonchev–Trinajstić information content (AvgIpc) is 2.73. The first-order chi connectivity index (χ1) is 13.1. The summed E-state index contributed by atoms with van der Waals surface area (Å²) in [7, 11) is 1.31. The van der Waals surface area contributed by atoms with Crippen LogP contribution in [0, 0.1) is 5.92 Å². The number of methoxy groups -OCH3 is 1. The summed E-state index contributed by atoms with van der Waals surface area (Å²) in [5, 5.41) is 5.03. The molecule has 3 N–H and O–H groups in total. The minimum Gasteiger partial charge on any atom is -0.467 e. The molecule has 8 heteroatoms. The molecule has 3 amide bonds. The van der Waals surface area contributed by atoms with Gasteiger partial charge < -0.3 is 25.2 Å². The standard InChI is InChI=1S/C19H26N4O4/c1-27-18(25)16-13-22(19(26)21-15-5-3-2-4-6-15)11-12-23(16)17(24)14-7-9-20-10-8-14/h2-6,14,16,20H,7-13H2,1H3,(H,21,26)/p+1/t16-/m0/s1. The van der Waals surface area contributed by atoms with Crippen LogP contribution in [0.15, 0.2) is 30.3 Å². The fourth-order valence-corrected chi connectivity index (χ4v) is 3.70. The molecule has 2 saturated heterocycles. The van der Waals surface area contributed by atoms with Gasteiger partial charge in [0.2, 0.25) is 5.91 Å². The third-order valence-corrected chi connectivity index (χ3v) is 5.24. The monoisotopic (exact) mass is 375 g/mol. The molecule has 1 aromatic carbocycles. The Balaban J connectivity index is 1.67. The molecule has 0 aromatic heterocycles. The summed E-state index contributed by atoms with van der Waals surface area (Å²) in [5.41, 5.74) is 0.689. The Morgan fingerprint density at radius 1 is 1.11 bits per heavy atom. The van der Waals surface area contributed by atoms with Gasteiger partial charge in [0.1, 0.15) is 6.04 Å². The molecule has 0 saturated carbocycles. The number of piperidine rings is 1. The smallest absolute Gasteiger partial charge is 0.330 e. The number of esters is 1. The number of ether oxygens (including phenoxy) is 1. The van der Waals surface area contributed by atoms with Gasteiger partial charge in [0.05, 0.1) is 26.7 Å². The number of para-hydroxylation sites is 1. The molecule has 146 valence electrons. The lowest BCUT2D eigenvalue weighted by Crippen LogP contribution is -2.86. The van der Waals surface area contributed by atoms with Gasteiger partial charge in [0.25, 0.3) is 0 Å². The molecular formula is C19H27N4O4+. The summed E-state index contributed by atoms with van der Waals surface area (Å²) >= 11 is 0. The van der Waals surface area contributed by atoms with Crippen molar-refractivity contribution in [3.8, 4) is 0 Å². The average molecular weight is 375 g/mol. The van der Waals surface area contributed by atoms with E-state index in [1.54, 1.807) is 21.9 Å². The number of carbonyl (C=O) groups excluding carboxylic acids is 3. The zero-order chi connectivity index (χ0) is 19.2. The molecule has 0 radical (unpaired) electrons. The molecule has 2 aliphatic rings. The highest BCUT2D eigenvalue weighted by Crippen LogP contribution is 2.20. The molecule has 1 aromatic rings. The van der Waals surface area contributed by atoms with Crippen molar-refractivity contribution in [2.75, 3.05) is 45.2 Å². The van der Waals surface area contributed by atoms with E-state index in [9.17, 15) is 14.4 Å². The number of benzene rings is 1. The highest BCUT2D eigenvalue weighted by atomic mass is 16.5. The fraction of sp³-hybridized carbons (Fsp3) is 0.526. The molecule has 2 heterocycles. The van der Waals surface area contributed by atoms with E-state index >= 15 is 0 Å². The Morgan fingerprint density at radius 3 is 2.48 bits per heavy atom. The molecule has 0 bridgehead atoms. The van der Waals surface area contributed by atoms with Gasteiger partial charge in [-0.1, -0.05) is 18.2 Å². The van der Waals surface area contributed by atoms with Crippen LogP contribution < -0.4 is 10.6 Å². The van der Waals surface area contributed by atoms with Gasteiger partial charge in [-0.15, -0.1) is 0 Å². The van der Waals surface area contributed by atoms with Crippen LogP contribution >= 0.6 is 0 Å². The Bertz CT molecular complexity index is 676. The topological polar surface area (TPSA) is 95.6 Å². The van der Waals surface area contributed by atoms with Crippen molar-refractivity contribution >= 4 is 23.6 Å². The molecule has 0 spiro atoms. The van der Waals surface area contributed by atoms with Crippen molar-refractivity contribution in [1.82, 2.24) is 9.80 Å². The summed E-state index contributed by atoms with van der Waals surface area (Å²) in [5.74, 6) is -0.531. The van der Waals surface area contributed by atoms with Crippen LogP contribution in [0.1, 0.15) is 12.8 Å². The largest absolute Gasteiger partial charge is 0.467 e. The molecule has 2 fully saturated rings. The number of nitrogens with one attached hydrogen (secondary N) is 1. The zero-order valence-electron chi connectivity index (χ0n) is 15.6. The normalized spacial score (nSPS) is 20.9. The Kier molecular flexibility index (Phi) is 6.28. The summed E-state index contributed by atoms with van der Waals surface area (Å²) in [6, 6.07) is 8.11. The molecule has 0 unspecified atom stereocenters. The molecule has 27 heavy (non-hydrogen) atoms. The van der Waals surface area contributed by atoms with Crippen molar-refractivity contribution in [3.63, 3.8) is 0 Å². The van der Waals surface area contributed by atoms with Crippen LogP contribution in [0.4, 0.5) is 10.5 Å². The molecular weight excluding hydrogens is 348 g/mol. The van der Waals surface area contributed by atoms with Crippen LogP contribution in [0.25, 0.3) is 0 Å². The second-order valence-corrected chi connectivity index (χ2v) is 6.95. The molecule has 0 aliphatic carbocycles. The molecule has 2 aliphatic heterocycles. The zero-order valence-corrected chi connectivity index (χ0v) is 15.6. The van der Waals surface area contributed by atoms with E-state index in [4.69, 9.17) is 4.74 Å². The van der Waals surface area contributed by atoms with Crippen molar-refractivity contribution in [2.24, 2.45) is 5.92 Å². The third kappa shape index (κ3) is 4.57. The first kappa shape index (κ1) is 19.2. The number of anilines is 1. The number of hydrogen-bond donors (Lipinski definition) is 2. The summed E-state index contributed by atoms with van der Waals surface area (Å²) in [4.78, 5) is 41.0. The first-order valence-corrected chi connectivity index (χ1v) is 9.41. The quantitative estimate of drug-likeness (QED) is 0.720. The van der Waals surface area contributed by atoms with Crippen LogP contribution in [0.3, 0.4) is 0 Å². The van der Waals surface area contributed by atoms with Gasteiger partial charge >= 0.3 is 12.0 Å². The van der Waals surface area contributed by atoms with E-state index in [1.807, 2.05) is 18.2 Å². The number of rotatable bonds is 3.